The Morgan fingerprint density at radius 1 is 1.16 bits per heavy atom. The molecule has 1 atom stereocenters. The molecule has 2 aliphatic rings. The molecule has 4 rings (SSSR count). The highest BCUT2D eigenvalue weighted by molar-refractivity contribution is 5.79. The van der Waals surface area contributed by atoms with Gasteiger partial charge in [0.15, 0.2) is 0 Å². The van der Waals surface area contributed by atoms with Crippen LogP contribution >= 0.6 is 0 Å². The zero-order chi connectivity index (χ0) is 22.0. The summed E-state index contributed by atoms with van der Waals surface area (Å²) in [6.45, 7) is 3.63. The Hall–Kier alpha value is -2.83. The zero-order valence-electron chi connectivity index (χ0n) is 17.7. The number of nitrogens with one attached hydrogen (secondary N) is 1. The summed E-state index contributed by atoms with van der Waals surface area (Å²) in [4.78, 5) is 30.7. The fourth-order valence-electron chi connectivity index (χ4n) is 5.15. The number of hydrogen-bond donors (Lipinski definition) is 1. The van der Waals surface area contributed by atoms with E-state index in [0.717, 1.165) is 36.6 Å². The predicted molar refractivity (Wildman–Crippen MR) is 112 cm³/mol. The lowest BCUT2D eigenvalue weighted by Crippen LogP contribution is -2.45. The van der Waals surface area contributed by atoms with Crippen molar-refractivity contribution in [2.75, 3.05) is 19.6 Å². The first-order valence-electron chi connectivity index (χ1n) is 10.8. The number of pyridine rings is 1. The molecule has 7 heteroatoms. The number of fused-ring (bicyclic) bond motifs is 2. The van der Waals surface area contributed by atoms with E-state index < -0.39 is 5.82 Å². The van der Waals surface area contributed by atoms with Crippen molar-refractivity contribution in [3.8, 4) is 0 Å². The molecule has 1 aromatic carbocycles. The number of aromatic nitrogens is 1. The van der Waals surface area contributed by atoms with E-state index in [1.54, 1.807) is 6.07 Å². The molecule has 1 unspecified atom stereocenters. The topological polar surface area (TPSA) is 62.3 Å². The quantitative estimate of drug-likeness (QED) is 0.795. The van der Waals surface area contributed by atoms with E-state index in [-0.39, 0.29) is 35.4 Å². The van der Waals surface area contributed by atoms with Gasteiger partial charge in [0.25, 0.3) is 0 Å². The van der Waals surface area contributed by atoms with Gasteiger partial charge in [0.05, 0.1) is 12.6 Å². The number of halogens is 2. The third-order valence-corrected chi connectivity index (χ3v) is 6.66. The second kappa shape index (κ2) is 8.73. The first kappa shape index (κ1) is 21.4. The van der Waals surface area contributed by atoms with Crippen molar-refractivity contribution in [3.05, 3.63) is 65.0 Å². The van der Waals surface area contributed by atoms with E-state index in [0.29, 0.717) is 31.7 Å². The zero-order valence-corrected chi connectivity index (χ0v) is 17.7. The molecule has 164 valence electrons. The van der Waals surface area contributed by atoms with E-state index in [9.17, 15) is 18.4 Å². The van der Waals surface area contributed by atoms with E-state index in [1.165, 1.54) is 18.2 Å². The molecular weight excluding hydrogens is 400 g/mol. The van der Waals surface area contributed by atoms with Crippen LogP contribution in [-0.4, -0.2) is 41.3 Å². The third kappa shape index (κ3) is 4.45. The highest BCUT2D eigenvalue weighted by atomic mass is 19.1. The number of rotatable bonds is 5. The molecule has 0 radical (unpaired) electrons. The summed E-state index contributed by atoms with van der Waals surface area (Å²) in [7, 11) is 0. The molecule has 1 aromatic heterocycles. The van der Waals surface area contributed by atoms with E-state index in [1.807, 2.05) is 17.9 Å². The SMILES string of the molecule is CCNC(=O)CC1CC2(CCN(C(=O)Cc3ccc(F)cn3)CC2)c2cc(F)ccc21. The summed E-state index contributed by atoms with van der Waals surface area (Å²) in [6.07, 6.45) is 3.92. The van der Waals surface area contributed by atoms with Crippen LogP contribution in [0.25, 0.3) is 0 Å². The molecule has 2 aromatic rings. The Kier molecular flexibility index (Phi) is 6.03. The standard InChI is InChI=1S/C24H27F2N3O2/c1-2-27-22(30)11-16-14-24(21-12-17(25)4-6-20(16)21)7-9-29(10-8-24)23(31)13-19-5-3-18(26)15-28-19/h3-6,12,15-16H,2,7-11,13-14H2,1H3,(H,27,30). The summed E-state index contributed by atoms with van der Waals surface area (Å²) in [5.41, 5.74) is 2.39. The van der Waals surface area contributed by atoms with Crippen molar-refractivity contribution in [3.63, 3.8) is 0 Å². The number of carbonyl (C=O) groups is 2. The molecule has 1 aliphatic heterocycles. The lowest BCUT2D eigenvalue weighted by molar-refractivity contribution is -0.132. The number of amides is 2. The van der Waals surface area contributed by atoms with Gasteiger partial charge in [-0.1, -0.05) is 6.07 Å². The maximum absolute atomic E-state index is 14.1. The van der Waals surface area contributed by atoms with E-state index in [2.05, 4.69) is 10.3 Å². The average molecular weight is 427 g/mol. The second-order valence-electron chi connectivity index (χ2n) is 8.60. The van der Waals surface area contributed by atoms with Crippen LogP contribution in [0.3, 0.4) is 0 Å². The molecule has 1 saturated heterocycles. The molecule has 5 nitrogen and oxygen atoms in total. The van der Waals surface area contributed by atoms with Gasteiger partial charge in [0.2, 0.25) is 11.8 Å². The highest BCUT2D eigenvalue weighted by Crippen LogP contribution is 2.52. The average Bonchev–Trinajstić information content (AvgIpc) is 3.02. The van der Waals surface area contributed by atoms with Crippen LogP contribution in [0.5, 0.6) is 0 Å². The predicted octanol–water partition coefficient (Wildman–Crippen LogP) is 3.48. The van der Waals surface area contributed by atoms with Crippen LogP contribution in [-0.2, 0) is 21.4 Å². The molecule has 0 bridgehead atoms. The Balaban J connectivity index is 1.46. The molecule has 2 heterocycles. The van der Waals surface area contributed by atoms with Gasteiger partial charge < -0.3 is 10.2 Å². The van der Waals surface area contributed by atoms with Gasteiger partial charge in [0.1, 0.15) is 11.6 Å². The number of hydrogen-bond acceptors (Lipinski definition) is 3. The maximum Gasteiger partial charge on any atom is 0.228 e. The molecule has 1 spiro atoms. The van der Waals surface area contributed by atoms with Crippen LogP contribution in [0.15, 0.2) is 36.5 Å². The van der Waals surface area contributed by atoms with E-state index >= 15 is 0 Å². The van der Waals surface area contributed by atoms with Crippen molar-refractivity contribution in [1.29, 1.82) is 0 Å². The summed E-state index contributed by atoms with van der Waals surface area (Å²) < 4.78 is 27.2. The van der Waals surface area contributed by atoms with Gasteiger partial charge >= 0.3 is 0 Å². The Morgan fingerprint density at radius 2 is 1.90 bits per heavy atom. The Morgan fingerprint density at radius 3 is 2.58 bits per heavy atom. The second-order valence-corrected chi connectivity index (χ2v) is 8.60. The molecule has 0 saturated carbocycles. The van der Waals surface area contributed by atoms with Gasteiger partial charge in [0, 0.05) is 31.7 Å². The van der Waals surface area contributed by atoms with Crippen molar-refractivity contribution >= 4 is 11.8 Å². The van der Waals surface area contributed by atoms with Crippen LogP contribution in [0.4, 0.5) is 8.78 Å². The lowest BCUT2D eigenvalue weighted by Gasteiger charge is -2.40. The van der Waals surface area contributed by atoms with Gasteiger partial charge in [-0.2, -0.15) is 0 Å². The summed E-state index contributed by atoms with van der Waals surface area (Å²) in [5.74, 6) is -0.652. The third-order valence-electron chi connectivity index (χ3n) is 6.66. The summed E-state index contributed by atoms with van der Waals surface area (Å²) in [5, 5.41) is 2.86. The Bertz CT molecular complexity index is 969. The first-order valence-corrected chi connectivity index (χ1v) is 10.8. The molecule has 1 N–H and O–H groups in total. The largest absolute Gasteiger partial charge is 0.356 e. The van der Waals surface area contributed by atoms with Crippen molar-refractivity contribution < 1.29 is 18.4 Å². The number of benzene rings is 1. The lowest BCUT2D eigenvalue weighted by atomic mass is 9.73. The minimum absolute atomic E-state index is 0.0132. The van der Waals surface area contributed by atoms with Gasteiger partial charge in [-0.25, -0.2) is 8.78 Å². The number of nitrogens with zero attached hydrogens (tertiary/aromatic N) is 2. The number of piperidine rings is 1. The van der Waals surface area contributed by atoms with E-state index in [4.69, 9.17) is 0 Å². The molecule has 31 heavy (non-hydrogen) atoms. The normalized spacial score (nSPS) is 19.3. The number of carbonyl (C=O) groups excluding carboxylic acids is 2. The van der Waals surface area contributed by atoms with Crippen LogP contribution in [0, 0.1) is 11.6 Å². The molecule has 1 fully saturated rings. The van der Waals surface area contributed by atoms with Crippen LogP contribution in [0.1, 0.15) is 55.3 Å². The summed E-state index contributed by atoms with van der Waals surface area (Å²) in [6, 6.07) is 7.74. The van der Waals surface area contributed by atoms with Crippen LogP contribution in [0.2, 0.25) is 0 Å². The van der Waals surface area contributed by atoms with Crippen LogP contribution < -0.4 is 5.32 Å². The monoisotopic (exact) mass is 427 g/mol. The van der Waals surface area contributed by atoms with Crippen molar-refractivity contribution in [2.45, 2.75) is 50.4 Å². The van der Waals surface area contributed by atoms with Crippen molar-refractivity contribution in [2.24, 2.45) is 0 Å². The van der Waals surface area contributed by atoms with Gasteiger partial charge in [-0.05, 0) is 72.9 Å². The first-order chi connectivity index (χ1) is 14.9. The Labute approximate surface area is 180 Å². The molecule has 1 aliphatic carbocycles. The minimum atomic E-state index is -0.426. The minimum Gasteiger partial charge on any atom is -0.356 e. The summed E-state index contributed by atoms with van der Waals surface area (Å²) >= 11 is 0. The highest BCUT2D eigenvalue weighted by Gasteiger charge is 2.46. The smallest absolute Gasteiger partial charge is 0.228 e. The number of likely N-dealkylation sites (tertiary alicyclic amines) is 1. The molecule has 2 amide bonds. The van der Waals surface area contributed by atoms with Crippen molar-refractivity contribution in [1.82, 2.24) is 15.2 Å². The maximum atomic E-state index is 14.1. The fraction of sp³-hybridized carbons (Fsp3) is 0.458. The fourth-order valence-corrected chi connectivity index (χ4v) is 5.15. The van der Waals surface area contributed by atoms with Gasteiger partial charge in [-0.15, -0.1) is 0 Å². The molecular formula is C24H27F2N3O2. The van der Waals surface area contributed by atoms with Gasteiger partial charge in [-0.3, -0.25) is 14.6 Å².